The monoisotopic (exact) mass is 739 g/mol. The molecule has 0 aliphatic heterocycles. The van der Waals surface area contributed by atoms with E-state index in [9.17, 15) is 0 Å². The van der Waals surface area contributed by atoms with Crippen LogP contribution in [0.3, 0.4) is 0 Å². The van der Waals surface area contributed by atoms with E-state index in [-0.39, 0.29) is 0 Å². The predicted molar refractivity (Wildman–Crippen MR) is 209 cm³/mol. The van der Waals surface area contributed by atoms with Crippen LogP contribution in [-0.2, 0) is 33.7 Å². The summed E-state index contributed by atoms with van der Waals surface area (Å²) in [4.78, 5) is 0. The number of rotatable bonds is 4. The van der Waals surface area contributed by atoms with Gasteiger partial charge in [0.2, 0.25) is 0 Å². The minimum absolute atomic E-state index is 0.826. The topological polar surface area (TPSA) is 0 Å². The Bertz CT molecular complexity index is 1810. The van der Waals surface area contributed by atoms with Crippen molar-refractivity contribution >= 4 is 38.6 Å². The molecule has 0 aliphatic rings. The van der Waals surface area contributed by atoms with Crippen LogP contribution in [-0.4, -0.2) is 0 Å². The minimum atomic E-state index is -0.826. The molecule has 0 bridgehead atoms. The average Bonchev–Trinajstić information content (AvgIpc) is 3.69. The molecule has 0 saturated heterocycles. The van der Waals surface area contributed by atoms with Crippen LogP contribution in [0.2, 0.25) is 0 Å². The second-order valence-electron chi connectivity index (χ2n) is 12.4. The molecule has 47 heavy (non-hydrogen) atoms. The van der Waals surface area contributed by atoms with Gasteiger partial charge in [0.1, 0.15) is 0 Å². The zero-order valence-electron chi connectivity index (χ0n) is 30.3. The molecule has 6 aromatic rings. The number of benzene rings is 4. The summed E-state index contributed by atoms with van der Waals surface area (Å²) in [5.74, 6) is 0. The molecule has 0 atom stereocenters. The van der Waals surface area contributed by atoms with Gasteiger partial charge in [-0.3, -0.25) is 0 Å². The summed E-state index contributed by atoms with van der Waals surface area (Å²) in [6.07, 6.45) is 2.19. The first-order valence-electron chi connectivity index (χ1n) is 16.7. The molecule has 6 aromatic carbocycles. The van der Waals surface area contributed by atoms with E-state index in [1.165, 1.54) is 99.4 Å². The Balaban J connectivity index is 0.000000225. The molecule has 0 nitrogen and oxygen atoms in total. The second kappa shape index (κ2) is 17.8. The third-order valence-corrected chi connectivity index (χ3v) is 9.51. The maximum absolute atomic E-state index is 4.93. The van der Waals surface area contributed by atoms with E-state index in [1.54, 1.807) is 6.92 Å². The Hall–Kier alpha value is -2.44. The third kappa shape index (κ3) is 8.60. The van der Waals surface area contributed by atoms with Gasteiger partial charge < -0.3 is 6.92 Å². The predicted octanol–water partition coefficient (Wildman–Crippen LogP) is 14.3. The number of fused-ring (bicyclic) bond motifs is 2. The van der Waals surface area contributed by atoms with Crippen molar-refractivity contribution in [2.75, 3.05) is 0 Å². The molecule has 0 unspecified atom stereocenters. The molecule has 3 heteroatoms. The van der Waals surface area contributed by atoms with Gasteiger partial charge >= 0.3 is 37.9 Å². The van der Waals surface area contributed by atoms with Crippen LogP contribution in [0.25, 0.3) is 43.8 Å². The van der Waals surface area contributed by atoms with E-state index in [4.69, 9.17) is 17.0 Å². The van der Waals surface area contributed by atoms with E-state index >= 15 is 0 Å². The quantitative estimate of drug-likeness (QED) is 0.158. The maximum atomic E-state index is 4.93. The molecule has 0 heterocycles. The SMILES string of the molecule is CCc1cc2c(-c3cccc(C)c3C)c(C)cc(C)c2[cH-]1.CCc1cc2c(-c3cccc(C)c3C)c(C)cc(C)c2[cH-]1.[CH2-]C.[Cl][Zr][Cl]. The molecule has 0 N–H and O–H groups in total. The van der Waals surface area contributed by atoms with Crippen molar-refractivity contribution < 1.29 is 20.8 Å². The summed E-state index contributed by atoms with van der Waals surface area (Å²) >= 11 is -0.826. The van der Waals surface area contributed by atoms with Crippen LogP contribution in [0, 0.1) is 62.3 Å². The van der Waals surface area contributed by atoms with E-state index in [0.717, 1.165) is 12.8 Å². The van der Waals surface area contributed by atoms with Crippen LogP contribution < -0.4 is 0 Å². The second-order valence-corrected chi connectivity index (χ2v) is 16.2. The Morgan fingerprint density at radius 3 is 1.19 bits per heavy atom. The van der Waals surface area contributed by atoms with Gasteiger partial charge in [-0.15, -0.1) is 55.9 Å². The number of halogens is 2. The van der Waals surface area contributed by atoms with Gasteiger partial charge in [0.25, 0.3) is 0 Å². The van der Waals surface area contributed by atoms with Crippen molar-refractivity contribution in [2.45, 2.75) is 89.0 Å². The molecule has 0 spiro atoms. The summed E-state index contributed by atoms with van der Waals surface area (Å²) in [6.45, 7) is 27.2. The number of hydrogen-bond acceptors (Lipinski definition) is 0. The fraction of sp³-hybridized carbons (Fsp3) is 0.295. The normalized spacial score (nSPS) is 10.5. The van der Waals surface area contributed by atoms with E-state index in [2.05, 4.69) is 149 Å². The van der Waals surface area contributed by atoms with Crippen molar-refractivity contribution in [1.29, 1.82) is 0 Å². The van der Waals surface area contributed by atoms with Gasteiger partial charge in [-0.1, -0.05) is 98.5 Å². The van der Waals surface area contributed by atoms with Crippen molar-refractivity contribution in [2.24, 2.45) is 0 Å². The molecule has 248 valence electrons. The van der Waals surface area contributed by atoms with Crippen LogP contribution in [0.15, 0.2) is 72.8 Å². The van der Waals surface area contributed by atoms with Crippen molar-refractivity contribution in [3.63, 3.8) is 0 Å². The van der Waals surface area contributed by atoms with Crippen LogP contribution in [0.5, 0.6) is 0 Å². The zero-order valence-corrected chi connectivity index (χ0v) is 34.3. The first kappa shape index (κ1) is 39.0. The molecular formula is C44H51Cl2Zr-3. The van der Waals surface area contributed by atoms with Crippen LogP contribution in [0.4, 0.5) is 0 Å². The van der Waals surface area contributed by atoms with Crippen molar-refractivity contribution in [3.8, 4) is 22.3 Å². The summed E-state index contributed by atoms with van der Waals surface area (Å²) in [7, 11) is 9.87. The molecule has 0 radical (unpaired) electrons. The zero-order chi connectivity index (χ0) is 35.0. The third-order valence-electron chi connectivity index (χ3n) is 9.51. The Morgan fingerprint density at radius 1 is 0.532 bits per heavy atom. The Labute approximate surface area is 303 Å². The molecule has 0 aliphatic carbocycles. The van der Waals surface area contributed by atoms with Gasteiger partial charge in [0.05, 0.1) is 0 Å². The summed E-state index contributed by atoms with van der Waals surface area (Å²) in [6, 6.07) is 27.4. The summed E-state index contributed by atoms with van der Waals surface area (Å²) in [5.41, 5.74) is 19.5. The standard InChI is InChI=1S/2C21H23.C2H5.2ClH.Zr/c2*1-6-17-11-19-14(3)10-15(4)21(20(19)12-17)18-9-7-8-13(2)16(18)5;1-2;;;/h2*7-12H,6H2,1-5H3;1H2,2H3;2*1H;/q3*-1;;;+2/p-2. The van der Waals surface area contributed by atoms with E-state index in [0.29, 0.717) is 0 Å². The Morgan fingerprint density at radius 2 is 0.872 bits per heavy atom. The summed E-state index contributed by atoms with van der Waals surface area (Å²) < 4.78 is 0. The van der Waals surface area contributed by atoms with Crippen LogP contribution in [0.1, 0.15) is 76.4 Å². The molecule has 0 saturated carbocycles. The van der Waals surface area contributed by atoms with E-state index in [1.807, 2.05) is 0 Å². The number of hydrogen-bond donors (Lipinski definition) is 0. The molecule has 0 fully saturated rings. The van der Waals surface area contributed by atoms with Crippen LogP contribution >= 0.6 is 17.0 Å². The van der Waals surface area contributed by atoms with Crippen molar-refractivity contribution in [1.82, 2.24) is 0 Å². The molecule has 0 aromatic heterocycles. The number of aryl methyl sites for hydroxylation is 8. The Kier molecular flexibility index (Phi) is 14.8. The average molecular weight is 742 g/mol. The molecule has 0 amide bonds. The van der Waals surface area contributed by atoms with E-state index < -0.39 is 20.8 Å². The molecular weight excluding hydrogens is 691 g/mol. The first-order chi connectivity index (χ1) is 22.5. The van der Waals surface area contributed by atoms with Gasteiger partial charge in [0.15, 0.2) is 0 Å². The first-order valence-corrected chi connectivity index (χ1v) is 23.0. The van der Waals surface area contributed by atoms with Crippen molar-refractivity contribution in [3.05, 3.63) is 135 Å². The fourth-order valence-corrected chi connectivity index (χ4v) is 6.74. The summed E-state index contributed by atoms with van der Waals surface area (Å²) in [5, 5.41) is 5.65. The van der Waals surface area contributed by atoms with Gasteiger partial charge in [-0.2, -0.15) is 19.1 Å². The van der Waals surface area contributed by atoms with Gasteiger partial charge in [-0.05, 0) is 87.8 Å². The fourth-order valence-electron chi connectivity index (χ4n) is 6.74. The van der Waals surface area contributed by atoms with Gasteiger partial charge in [-0.25, -0.2) is 0 Å². The van der Waals surface area contributed by atoms with Gasteiger partial charge in [0, 0.05) is 0 Å². The molecule has 6 rings (SSSR count).